The van der Waals surface area contributed by atoms with Gasteiger partial charge in [-0.25, -0.2) is 0 Å². The second-order valence-electron chi connectivity index (χ2n) is 7.09. The lowest BCUT2D eigenvalue weighted by Crippen LogP contribution is -2.50. The lowest BCUT2D eigenvalue weighted by Gasteiger charge is -2.54. The molecule has 100 valence electrons. The summed E-state index contributed by atoms with van der Waals surface area (Å²) in [6.07, 6.45) is 8.72. The summed E-state index contributed by atoms with van der Waals surface area (Å²) in [5.74, 6) is 1.95. The lowest BCUT2D eigenvalue weighted by atomic mass is 9.55. The van der Waals surface area contributed by atoms with Crippen molar-refractivity contribution in [3.63, 3.8) is 0 Å². The van der Waals surface area contributed by atoms with Gasteiger partial charge in [0.15, 0.2) is 0 Å². The third kappa shape index (κ3) is 2.86. The largest absolute Gasteiger partial charge is 0.301 e. The molecule has 2 rings (SSSR count). The van der Waals surface area contributed by atoms with E-state index in [-0.39, 0.29) is 0 Å². The first-order valence-corrected chi connectivity index (χ1v) is 7.80. The van der Waals surface area contributed by atoms with Crippen molar-refractivity contribution in [3.05, 3.63) is 0 Å². The van der Waals surface area contributed by atoms with Gasteiger partial charge >= 0.3 is 0 Å². The minimum absolute atomic E-state index is 0.775. The van der Waals surface area contributed by atoms with Crippen molar-refractivity contribution in [2.45, 2.75) is 72.3 Å². The predicted molar refractivity (Wildman–Crippen MR) is 75.2 cm³/mol. The zero-order valence-electron chi connectivity index (χ0n) is 12.3. The summed E-state index contributed by atoms with van der Waals surface area (Å²) < 4.78 is 0. The molecule has 1 saturated carbocycles. The highest BCUT2D eigenvalue weighted by atomic mass is 15.2. The summed E-state index contributed by atoms with van der Waals surface area (Å²) in [7, 11) is 0. The molecule has 0 radical (unpaired) electrons. The van der Waals surface area contributed by atoms with Crippen LogP contribution in [0.2, 0.25) is 0 Å². The van der Waals surface area contributed by atoms with Crippen molar-refractivity contribution in [3.8, 4) is 0 Å². The molecule has 1 heteroatoms. The van der Waals surface area contributed by atoms with Gasteiger partial charge in [-0.3, -0.25) is 0 Å². The van der Waals surface area contributed by atoms with E-state index in [0.717, 1.165) is 23.3 Å². The molecule has 0 amide bonds. The number of hydrogen-bond acceptors (Lipinski definition) is 1. The van der Waals surface area contributed by atoms with E-state index in [9.17, 15) is 0 Å². The highest BCUT2D eigenvalue weighted by Gasteiger charge is 2.46. The topological polar surface area (TPSA) is 3.24 Å². The van der Waals surface area contributed by atoms with Crippen molar-refractivity contribution < 1.29 is 0 Å². The molecule has 0 aromatic carbocycles. The van der Waals surface area contributed by atoms with Gasteiger partial charge in [0.25, 0.3) is 0 Å². The standard InChI is InChI=1S/C16H31N/c1-5-6-14(4)17-9-7-16(8-10-17)11-15(12-16)13(2)3/h13-15H,5-12H2,1-4H3. The minimum Gasteiger partial charge on any atom is -0.301 e. The van der Waals surface area contributed by atoms with Gasteiger partial charge in [-0.2, -0.15) is 0 Å². The van der Waals surface area contributed by atoms with E-state index in [4.69, 9.17) is 0 Å². The van der Waals surface area contributed by atoms with E-state index in [1.807, 2.05) is 0 Å². The Bertz CT molecular complexity index is 230. The molecular formula is C16H31N. The maximum Gasteiger partial charge on any atom is 0.00668 e. The maximum atomic E-state index is 2.73. The monoisotopic (exact) mass is 237 g/mol. The van der Waals surface area contributed by atoms with Crippen LogP contribution in [0.25, 0.3) is 0 Å². The Balaban J connectivity index is 1.76. The number of likely N-dealkylation sites (tertiary alicyclic amines) is 1. The van der Waals surface area contributed by atoms with Crippen LogP contribution in [0.3, 0.4) is 0 Å². The van der Waals surface area contributed by atoms with Gasteiger partial charge in [-0.15, -0.1) is 0 Å². The van der Waals surface area contributed by atoms with Crippen LogP contribution in [-0.4, -0.2) is 24.0 Å². The van der Waals surface area contributed by atoms with E-state index in [2.05, 4.69) is 32.6 Å². The van der Waals surface area contributed by atoms with Crippen molar-refractivity contribution in [2.24, 2.45) is 17.3 Å². The van der Waals surface area contributed by atoms with E-state index < -0.39 is 0 Å². The normalized spacial score (nSPS) is 27.4. The first-order chi connectivity index (χ1) is 8.06. The van der Waals surface area contributed by atoms with Gasteiger partial charge in [0.05, 0.1) is 0 Å². The van der Waals surface area contributed by atoms with Crippen molar-refractivity contribution >= 4 is 0 Å². The first-order valence-electron chi connectivity index (χ1n) is 7.80. The molecule has 1 aliphatic carbocycles. The van der Waals surface area contributed by atoms with Gasteiger partial charge in [0.1, 0.15) is 0 Å². The Kier molecular flexibility index (Phi) is 4.18. The zero-order valence-corrected chi connectivity index (χ0v) is 12.3. The molecule has 0 N–H and O–H groups in total. The zero-order chi connectivity index (χ0) is 12.5. The second-order valence-corrected chi connectivity index (χ2v) is 7.09. The van der Waals surface area contributed by atoms with Gasteiger partial charge in [0.2, 0.25) is 0 Å². The average molecular weight is 237 g/mol. The van der Waals surface area contributed by atoms with Gasteiger partial charge in [-0.05, 0) is 69.4 Å². The van der Waals surface area contributed by atoms with Crippen LogP contribution in [0.5, 0.6) is 0 Å². The first kappa shape index (κ1) is 13.4. The van der Waals surface area contributed by atoms with Crippen molar-refractivity contribution in [2.75, 3.05) is 13.1 Å². The number of hydrogen-bond donors (Lipinski definition) is 0. The minimum atomic E-state index is 0.775. The van der Waals surface area contributed by atoms with Crippen LogP contribution in [0.1, 0.15) is 66.2 Å². The fraction of sp³-hybridized carbons (Fsp3) is 1.00. The molecule has 1 aliphatic heterocycles. The summed E-state index contributed by atoms with van der Waals surface area (Å²) in [5, 5.41) is 0. The Morgan fingerprint density at radius 2 is 1.71 bits per heavy atom. The molecule has 1 spiro atoms. The summed E-state index contributed by atoms with van der Waals surface area (Å²) >= 11 is 0. The van der Waals surface area contributed by atoms with Gasteiger partial charge in [0, 0.05) is 6.04 Å². The number of nitrogens with zero attached hydrogens (tertiary/aromatic N) is 1. The number of rotatable bonds is 4. The Morgan fingerprint density at radius 3 is 2.18 bits per heavy atom. The Labute approximate surface area is 108 Å². The molecular weight excluding hydrogens is 206 g/mol. The van der Waals surface area contributed by atoms with Crippen LogP contribution in [0, 0.1) is 17.3 Å². The SMILES string of the molecule is CCCC(C)N1CCC2(CC1)CC(C(C)C)C2. The molecule has 1 atom stereocenters. The molecule has 17 heavy (non-hydrogen) atoms. The van der Waals surface area contributed by atoms with E-state index in [1.54, 1.807) is 0 Å². The van der Waals surface area contributed by atoms with Gasteiger partial charge < -0.3 is 4.90 Å². The highest BCUT2D eigenvalue weighted by Crippen LogP contribution is 2.54. The summed E-state index contributed by atoms with van der Waals surface area (Å²) in [6, 6.07) is 0.818. The van der Waals surface area contributed by atoms with Crippen LogP contribution >= 0.6 is 0 Å². The van der Waals surface area contributed by atoms with E-state index in [0.29, 0.717) is 0 Å². The Hall–Kier alpha value is -0.0400. The van der Waals surface area contributed by atoms with Crippen LogP contribution in [-0.2, 0) is 0 Å². The molecule has 2 fully saturated rings. The fourth-order valence-electron chi connectivity index (χ4n) is 3.97. The second kappa shape index (κ2) is 5.30. The van der Waals surface area contributed by atoms with Crippen LogP contribution in [0.15, 0.2) is 0 Å². The fourth-order valence-corrected chi connectivity index (χ4v) is 3.97. The third-order valence-corrected chi connectivity index (χ3v) is 5.52. The average Bonchev–Trinajstić information content (AvgIpc) is 2.26. The molecule has 0 bridgehead atoms. The summed E-state index contributed by atoms with van der Waals surface area (Å²) in [4.78, 5) is 2.73. The molecule has 1 unspecified atom stereocenters. The molecule has 1 saturated heterocycles. The molecule has 1 nitrogen and oxygen atoms in total. The van der Waals surface area contributed by atoms with Gasteiger partial charge in [-0.1, -0.05) is 27.2 Å². The predicted octanol–water partition coefficient (Wildman–Crippen LogP) is 4.32. The quantitative estimate of drug-likeness (QED) is 0.703. The van der Waals surface area contributed by atoms with E-state index in [1.165, 1.54) is 51.6 Å². The molecule has 0 aromatic heterocycles. The summed E-state index contributed by atoms with van der Waals surface area (Å²) in [6.45, 7) is 12.3. The van der Waals surface area contributed by atoms with Crippen molar-refractivity contribution in [1.82, 2.24) is 4.90 Å². The van der Waals surface area contributed by atoms with Crippen LogP contribution in [0.4, 0.5) is 0 Å². The van der Waals surface area contributed by atoms with Crippen LogP contribution < -0.4 is 0 Å². The van der Waals surface area contributed by atoms with E-state index >= 15 is 0 Å². The lowest BCUT2D eigenvalue weighted by molar-refractivity contribution is -0.0388. The number of piperidine rings is 1. The maximum absolute atomic E-state index is 2.73. The highest BCUT2D eigenvalue weighted by molar-refractivity contribution is 4.98. The molecule has 0 aromatic rings. The molecule has 2 aliphatic rings. The molecule has 1 heterocycles. The smallest absolute Gasteiger partial charge is 0.00668 e. The summed E-state index contributed by atoms with van der Waals surface area (Å²) in [5.41, 5.74) is 0.775. The third-order valence-electron chi connectivity index (χ3n) is 5.52. The Morgan fingerprint density at radius 1 is 1.12 bits per heavy atom. The van der Waals surface area contributed by atoms with Crippen molar-refractivity contribution in [1.29, 1.82) is 0 Å².